The van der Waals surface area contributed by atoms with Crippen LogP contribution in [-0.4, -0.2) is 8.42 Å². The SMILES string of the molecule is O=S(=O)(NCc1ccc(Cl)o1)c1cccs1. The number of rotatable bonds is 4. The first kappa shape index (κ1) is 11.7. The molecule has 2 rings (SSSR count). The minimum absolute atomic E-state index is 0.0902. The smallest absolute Gasteiger partial charge is 0.250 e. The van der Waals surface area contributed by atoms with Crippen LogP contribution < -0.4 is 4.72 Å². The zero-order chi connectivity index (χ0) is 11.6. The van der Waals surface area contributed by atoms with Gasteiger partial charge in [0, 0.05) is 0 Å². The average Bonchev–Trinajstić information content (AvgIpc) is 2.85. The van der Waals surface area contributed by atoms with E-state index in [4.69, 9.17) is 16.0 Å². The lowest BCUT2D eigenvalue weighted by molar-refractivity contribution is 0.500. The van der Waals surface area contributed by atoms with Crippen molar-refractivity contribution in [3.8, 4) is 0 Å². The van der Waals surface area contributed by atoms with Gasteiger partial charge in [-0.1, -0.05) is 6.07 Å². The highest BCUT2D eigenvalue weighted by Crippen LogP contribution is 2.17. The van der Waals surface area contributed by atoms with Crippen molar-refractivity contribution in [1.82, 2.24) is 4.72 Å². The maximum atomic E-state index is 11.7. The first-order valence-electron chi connectivity index (χ1n) is 4.35. The van der Waals surface area contributed by atoms with Gasteiger partial charge >= 0.3 is 0 Å². The second-order valence-corrected chi connectivity index (χ2v) is 6.28. The summed E-state index contributed by atoms with van der Waals surface area (Å²) in [7, 11) is -3.44. The number of sulfonamides is 1. The summed E-state index contributed by atoms with van der Waals surface area (Å²) >= 11 is 6.73. The number of nitrogens with one attached hydrogen (secondary N) is 1. The molecule has 0 saturated carbocycles. The van der Waals surface area contributed by atoms with Gasteiger partial charge in [0.15, 0.2) is 5.22 Å². The average molecular weight is 278 g/mol. The van der Waals surface area contributed by atoms with Crippen molar-refractivity contribution in [2.45, 2.75) is 10.8 Å². The summed E-state index contributed by atoms with van der Waals surface area (Å²) in [6, 6.07) is 6.42. The Morgan fingerprint density at radius 3 is 2.75 bits per heavy atom. The first-order valence-corrected chi connectivity index (χ1v) is 7.09. The van der Waals surface area contributed by atoms with Crippen molar-refractivity contribution in [3.63, 3.8) is 0 Å². The zero-order valence-corrected chi connectivity index (χ0v) is 10.4. The normalized spacial score (nSPS) is 11.8. The molecule has 0 saturated heterocycles. The summed E-state index contributed by atoms with van der Waals surface area (Å²) in [6.45, 7) is 0.0902. The molecule has 0 aliphatic carbocycles. The monoisotopic (exact) mass is 277 g/mol. The lowest BCUT2D eigenvalue weighted by Crippen LogP contribution is -2.22. The van der Waals surface area contributed by atoms with Crippen molar-refractivity contribution in [2.24, 2.45) is 0 Å². The van der Waals surface area contributed by atoms with Gasteiger partial charge in [0.1, 0.15) is 9.97 Å². The van der Waals surface area contributed by atoms with Crippen molar-refractivity contribution < 1.29 is 12.8 Å². The molecule has 0 aliphatic heterocycles. The molecule has 0 spiro atoms. The van der Waals surface area contributed by atoms with E-state index in [1.807, 2.05) is 0 Å². The second-order valence-electron chi connectivity index (χ2n) is 2.96. The molecule has 0 amide bonds. The van der Waals surface area contributed by atoms with E-state index >= 15 is 0 Å². The van der Waals surface area contributed by atoms with Crippen molar-refractivity contribution in [1.29, 1.82) is 0 Å². The van der Waals surface area contributed by atoms with E-state index in [0.29, 0.717) is 5.76 Å². The Balaban J connectivity index is 2.06. The fourth-order valence-electron chi connectivity index (χ4n) is 1.10. The van der Waals surface area contributed by atoms with E-state index < -0.39 is 10.0 Å². The van der Waals surface area contributed by atoms with Gasteiger partial charge in [-0.05, 0) is 35.2 Å². The van der Waals surface area contributed by atoms with Gasteiger partial charge in [0.2, 0.25) is 10.0 Å². The standard InChI is InChI=1S/C9H8ClNO3S2/c10-8-4-3-7(14-8)6-11-16(12,13)9-2-1-5-15-9/h1-5,11H,6H2. The molecular formula is C9H8ClNO3S2. The number of hydrogen-bond donors (Lipinski definition) is 1. The highest BCUT2D eigenvalue weighted by molar-refractivity contribution is 7.91. The van der Waals surface area contributed by atoms with E-state index in [-0.39, 0.29) is 16.0 Å². The van der Waals surface area contributed by atoms with Crippen LogP contribution in [0.4, 0.5) is 0 Å². The molecule has 7 heteroatoms. The molecule has 2 aromatic rings. The van der Waals surface area contributed by atoms with Gasteiger partial charge in [0.25, 0.3) is 0 Å². The fourth-order valence-corrected chi connectivity index (χ4v) is 3.29. The zero-order valence-electron chi connectivity index (χ0n) is 8.01. The molecule has 0 fully saturated rings. The Morgan fingerprint density at radius 1 is 1.38 bits per heavy atom. The third kappa shape index (κ3) is 2.65. The number of thiophene rings is 1. The molecular weight excluding hydrogens is 270 g/mol. The summed E-state index contributed by atoms with van der Waals surface area (Å²) in [5, 5.41) is 1.95. The molecule has 0 aliphatic rings. The molecule has 86 valence electrons. The maximum Gasteiger partial charge on any atom is 0.250 e. The Kier molecular flexibility index (Phi) is 3.34. The van der Waals surface area contributed by atoms with E-state index in [1.165, 1.54) is 0 Å². The summed E-state index contributed by atoms with van der Waals surface area (Å²) in [4.78, 5) is 0. The van der Waals surface area contributed by atoms with Gasteiger partial charge < -0.3 is 4.42 Å². The third-order valence-corrected chi connectivity index (χ3v) is 4.83. The summed E-state index contributed by atoms with van der Waals surface area (Å²) in [5.74, 6) is 0.477. The Hall–Kier alpha value is -0.820. The lowest BCUT2D eigenvalue weighted by atomic mass is 10.5. The molecule has 2 heterocycles. The van der Waals surface area contributed by atoms with Gasteiger partial charge in [-0.2, -0.15) is 0 Å². The van der Waals surface area contributed by atoms with Crippen LogP contribution in [-0.2, 0) is 16.6 Å². The summed E-state index contributed by atoms with van der Waals surface area (Å²) in [6.07, 6.45) is 0. The van der Waals surface area contributed by atoms with Crippen molar-refractivity contribution in [2.75, 3.05) is 0 Å². The molecule has 0 aromatic carbocycles. The third-order valence-electron chi connectivity index (χ3n) is 1.83. The molecule has 0 atom stereocenters. The predicted octanol–water partition coefficient (Wildman–Crippen LogP) is 2.47. The van der Waals surface area contributed by atoms with Gasteiger partial charge in [-0.3, -0.25) is 0 Å². The minimum Gasteiger partial charge on any atom is -0.448 e. The van der Waals surface area contributed by atoms with Crippen LogP contribution in [0.25, 0.3) is 0 Å². The van der Waals surface area contributed by atoms with E-state index in [0.717, 1.165) is 11.3 Å². The molecule has 0 bridgehead atoms. The molecule has 1 N–H and O–H groups in total. The molecule has 0 unspecified atom stereocenters. The van der Waals surface area contributed by atoms with Crippen LogP contribution in [0, 0.1) is 0 Å². The van der Waals surface area contributed by atoms with E-state index in [2.05, 4.69) is 4.72 Å². The van der Waals surface area contributed by atoms with Crippen LogP contribution in [0.15, 0.2) is 38.3 Å². The highest BCUT2D eigenvalue weighted by atomic mass is 35.5. The quantitative estimate of drug-likeness (QED) is 0.934. The second kappa shape index (κ2) is 4.58. The predicted molar refractivity (Wildman–Crippen MR) is 62.1 cm³/mol. The Morgan fingerprint density at radius 2 is 2.19 bits per heavy atom. The Bertz CT molecular complexity index is 559. The molecule has 4 nitrogen and oxygen atoms in total. The van der Waals surface area contributed by atoms with Crippen LogP contribution in [0.2, 0.25) is 5.22 Å². The van der Waals surface area contributed by atoms with Crippen LogP contribution in [0.5, 0.6) is 0 Å². The topological polar surface area (TPSA) is 59.3 Å². The number of hydrogen-bond acceptors (Lipinski definition) is 4. The number of furan rings is 1. The largest absolute Gasteiger partial charge is 0.448 e. The van der Waals surface area contributed by atoms with Gasteiger partial charge in [-0.15, -0.1) is 11.3 Å². The first-order chi connectivity index (χ1) is 7.58. The van der Waals surface area contributed by atoms with Gasteiger partial charge in [-0.25, -0.2) is 13.1 Å². The summed E-state index contributed by atoms with van der Waals surface area (Å²) in [5.41, 5.74) is 0. The van der Waals surface area contributed by atoms with Crippen LogP contribution in [0.3, 0.4) is 0 Å². The van der Waals surface area contributed by atoms with Crippen LogP contribution in [0.1, 0.15) is 5.76 Å². The fraction of sp³-hybridized carbons (Fsp3) is 0.111. The van der Waals surface area contributed by atoms with Crippen molar-refractivity contribution in [3.05, 3.63) is 40.6 Å². The van der Waals surface area contributed by atoms with Crippen LogP contribution >= 0.6 is 22.9 Å². The lowest BCUT2D eigenvalue weighted by Gasteiger charge is -2.01. The molecule has 0 radical (unpaired) electrons. The Labute approximate surface area is 102 Å². The van der Waals surface area contributed by atoms with Crippen molar-refractivity contribution >= 4 is 33.0 Å². The highest BCUT2D eigenvalue weighted by Gasteiger charge is 2.15. The van der Waals surface area contributed by atoms with Gasteiger partial charge in [0.05, 0.1) is 6.54 Å². The number of halogens is 1. The molecule has 16 heavy (non-hydrogen) atoms. The van der Waals surface area contributed by atoms with E-state index in [9.17, 15) is 8.42 Å². The van der Waals surface area contributed by atoms with E-state index in [1.54, 1.807) is 29.6 Å². The minimum atomic E-state index is -3.44. The maximum absolute atomic E-state index is 11.7. The summed E-state index contributed by atoms with van der Waals surface area (Å²) < 4.78 is 31.1. The molecule has 2 aromatic heterocycles.